The van der Waals surface area contributed by atoms with Crippen LogP contribution >= 0.6 is 28.1 Å². The molecule has 19 heavy (non-hydrogen) atoms. The Balaban J connectivity index is 2.37. The fraction of sp³-hybridized carbons (Fsp3) is 0.100. The number of rotatable bonds is 3. The summed E-state index contributed by atoms with van der Waals surface area (Å²) >= 11 is 8.11. The van der Waals surface area contributed by atoms with Crippen molar-refractivity contribution in [2.45, 2.75) is 6.92 Å². The van der Waals surface area contributed by atoms with Crippen molar-refractivity contribution in [3.05, 3.63) is 48.9 Å². The van der Waals surface area contributed by atoms with Gasteiger partial charge in [-0.25, -0.2) is 0 Å². The summed E-state index contributed by atoms with van der Waals surface area (Å²) in [4.78, 5) is 10.3. The average molecular weight is 342 g/mol. The molecule has 1 aromatic carbocycles. The molecule has 0 atom stereocenters. The number of aryl methyl sites for hydroxylation is 1. The molecule has 2 aromatic rings. The van der Waals surface area contributed by atoms with Crippen LogP contribution in [0.1, 0.15) is 11.4 Å². The third kappa shape index (κ3) is 2.93. The third-order valence-corrected chi connectivity index (χ3v) is 3.24. The van der Waals surface area contributed by atoms with Gasteiger partial charge in [-0.3, -0.25) is 15.2 Å². The van der Waals surface area contributed by atoms with Crippen LogP contribution in [0, 0.1) is 21.8 Å². The minimum atomic E-state index is -0.462. The van der Waals surface area contributed by atoms with Crippen LogP contribution in [0.5, 0.6) is 0 Å². The lowest BCUT2D eigenvalue weighted by atomic mass is 10.2. The Kier molecular flexibility index (Phi) is 3.86. The quantitative estimate of drug-likeness (QED) is 0.402. The lowest BCUT2D eigenvalue weighted by molar-refractivity contribution is -0.385. The first-order chi connectivity index (χ1) is 8.99. The molecule has 0 saturated heterocycles. The SMILES string of the molecule is Cc1n[nH]c(=S)n1/N=C\c1ccc(Br)c([N+](=O)[O-])c1. The van der Waals surface area contributed by atoms with E-state index in [-0.39, 0.29) is 5.69 Å². The van der Waals surface area contributed by atoms with Crippen LogP contribution in [0.4, 0.5) is 5.69 Å². The maximum Gasteiger partial charge on any atom is 0.284 e. The van der Waals surface area contributed by atoms with Gasteiger partial charge in [-0.2, -0.15) is 14.9 Å². The van der Waals surface area contributed by atoms with Gasteiger partial charge in [-0.05, 0) is 41.1 Å². The molecule has 1 N–H and O–H groups in total. The van der Waals surface area contributed by atoms with Crippen molar-refractivity contribution in [3.8, 4) is 0 Å². The highest BCUT2D eigenvalue weighted by Crippen LogP contribution is 2.24. The molecule has 1 aromatic heterocycles. The first kappa shape index (κ1) is 13.6. The topological polar surface area (TPSA) is 89.1 Å². The van der Waals surface area contributed by atoms with E-state index in [0.717, 1.165) is 0 Å². The Bertz CT molecular complexity index is 721. The van der Waals surface area contributed by atoms with E-state index in [1.54, 1.807) is 19.1 Å². The van der Waals surface area contributed by atoms with Gasteiger partial charge in [0.2, 0.25) is 4.77 Å². The number of nitrogens with zero attached hydrogens (tertiary/aromatic N) is 4. The number of halogens is 1. The zero-order chi connectivity index (χ0) is 14.0. The molecule has 9 heteroatoms. The number of nitro groups is 1. The van der Waals surface area contributed by atoms with Crippen LogP contribution in [0.3, 0.4) is 0 Å². The van der Waals surface area contributed by atoms with Crippen LogP contribution < -0.4 is 0 Å². The molecule has 2 rings (SSSR count). The largest absolute Gasteiger partial charge is 0.284 e. The number of aromatic amines is 1. The molecular formula is C10H8BrN5O2S. The summed E-state index contributed by atoms with van der Waals surface area (Å²) in [6.07, 6.45) is 1.48. The molecule has 0 fully saturated rings. The summed E-state index contributed by atoms with van der Waals surface area (Å²) < 4.78 is 2.22. The third-order valence-electron chi connectivity index (χ3n) is 2.30. The van der Waals surface area contributed by atoms with Crippen LogP contribution in [-0.2, 0) is 0 Å². The number of hydrogen-bond acceptors (Lipinski definition) is 5. The Morgan fingerprint density at radius 3 is 2.95 bits per heavy atom. The molecule has 0 aliphatic heterocycles. The molecular weight excluding hydrogens is 334 g/mol. The van der Waals surface area contributed by atoms with E-state index in [1.807, 2.05) is 0 Å². The molecule has 0 aliphatic carbocycles. The summed E-state index contributed by atoms with van der Waals surface area (Å²) in [5, 5.41) is 21.4. The molecule has 0 aliphatic rings. The molecule has 0 saturated carbocycles. The van der Waals surface area contributed by atoms with Gasteiger partial charge in [0.25, 0.3) is 5.69 Å². The van der Waals surface area contributed by atoms with Crippen LogP contribution in [0.15, 0.2) is 27.8 Å². The van der Waals surface area contributed by atoms with Crippen molar-refractivity contribution in [2.75, 3.05) is 0 Å². The standard InChI is InChI=1S/C10H8BrN5O2S/c1-6-13-14-10(19)15(6)12-5-7-2-3-8(11)9(4-7)16(17)18/h2-5H,1H3,(H,14,19)/b12-5-. The van der Waals surface area contributed by atoms with E-state index in [2.05, 4.69) is 31.2 Å². The summed E-state index contributed by atoms with van der Waals surface area (Å²) in [7, 11) is 0. The highest BCUT2D eigenvalue weighted by Gasteiger charge is 2.11. The van der Waals surface area contributed by atoms with Gasteiger partial charge < -0.3 is 0 Å². The fourth-order valence-electron chi connectivity index (χ4n) is 1.38. The first-order valence-electron chi connectivity index (χ1n) is 5.11. The summed E-state index contributed by atoms with van der Waals surface area (Å²) in [6, 6.07) is 4.73. The Hall–Kier alpha value is -1.87. The number of aromatic nitrogens is 3. The first-order valence-corrected chi connectivity index (χ1v) is 6.31. The number of nitro benzene ring substituents is 1. The predicted octanol–water partition coefficient (Wildman–Crippen LogP) is 2.80. The highest BCUT2D eigenvalue weighted by molar-refractivity contribution is 9.10. The van der Waals surface area contributed by atoms with Gasteiger partial charge >= 0.3 is 0 Å². The van der Waals surface area contributed by atoms with Gasteiger partial charge in [0.05, 0.1) is 15.6 Å². The van der Waals surface area contributed by atoms with Crippen LogP contribution in [0.25, 0.3) is 0 Å². The zero-order valence-corrected chi connectivity index (χ0v) is 12.1. The second kappa shape index (κ2) is 5.41. The van der Waals surface area contributed by atoms with E-state index in [9.17, 15) is 10.1 Å². The lowest BCUT2D eigenvalue weighted by Crippen LogP contribution is -1.95. The van der Waals surface area contributed by atoms with Crippen molar-refractivity contribution in [3.63, 3.8) is 0 Å². The van der Waals surface area contributed by atoms with E-state index < -0.39 is 4.92 Å². The second-order valence-electron chi connectivity index (χ2n) is 3.60. The molecule has 0 bridgehead atoms. The van der Waals surface area contributed by atoms with Crippen molar-refractivity contribution in [1.29, 1.82) is 0 Å². The van der Waals surface area contributed by atoms with Crippen LogP contribution in [0.2, 0.25) is 0 Å². The molecule has 98 valence electrons. The Morgan fingerprint density at radius 2 is 2.37 bits per heavy atom. The average Bonchev–Trinajstić information content (AvgIpc) is 2.68. The second-order valence-corrected chi connectivity index (χ2v) is 4.84. The van der Waals surface area contributed by atoms with Gasteiger partial charge in [0.15, 0.2) is 0 Å². The van der Waals surface area contributed by atoms with Crippen molar-refractivity contribution >= 4 is 40.0 Å². The van der Waals surface area contributed by atoms with E-state index in [4.69, 9.17) is 12.2 Å². The molecule has 0 radical (unpaired) electrons. The van der Waals surface area contributed by atoms with Crippen molar-refractivity contribution < 1.29 is 4.92 Å². The predicted molar refractivity (Wildman–Crippen MR) is 75.9 cm³/mol. The van der Waals surface area contributed by atoms with E-state index in [0.29, 0.717) is 20.6 Å². The number of benzene rings is 1. The smallest absolute Gasteiger partial charge is 0.258 e. The number of hydrogen-bond donors (Lipinski definition) is 1. The van der Waals surface area contributed by atoms with Crippen molar-refractivity contribution in [1.82, 2.24) is 14.9 Å². The van der Waals surface area contributed by atoms with E-state index >= 15 is 0 Å². The molecule has 7 nitrogen and oxygen atoms in total. The minimum absolute atomic E-state index is 0.0172. The van der Waals surface area contributed by atoms with Gasteiger partial charge in [-0.15, -0.1) is 0 Å². The van der Waals surface area contributed by atoms with Gasteiger partial charge in [0, 0.05) is 11.6 Å². The minimum Gasteiger partial charge on any atom is -0.258 e. The normalized spacial score (nSPS) is 11.1. The fourth-order valence-corrected chi connectivity index (χ4v) is 2.00. The van der Waals surface area contributed by atoms with Gasteiger partial charge in [-0.1, -0.05) is 6.07 Å². The molecule has 0 unspecified atom stereocenters. The maximum atomic E-state index is 10.8. The summed E-state index contributed by atoms with van der Waals surface area (Å²) in [6.45, 7) is 1.74. The van der Waals surface area contributed by atoms with Gasteiger partial charge in [0.1, 0.15) is 5.82 Å². The number of nitrogens with one attached hydrogen (secondary N) is 1. The Morgan fingerprint density at radius 1 is 1.63 bits per heavy atom. The van der Waals surface area contributed by atoms with Crippen LogP contribution in [-0.4, -0.2) is 26.0 Å². The lowest BCUT2D eigenvalue weighted by Gasteiger charge is -1.98. The highest BCUT2D eigenvalue weighted by atomic mass is 79.9. The maximum absolute atomic E-state index is 10.8. The molecule has 1 heterocycles. The summed E-state index contributed by atoms with van der Waals surface area (Å²) in [5.74, 6) is 0.605. The number of H-pyrrole nitrogens is 1. The monoisotopic (exact) mass is 341 g/mol. The van der Waals surface area contributed by atoms with E-state index in [1.165, 1.54) is 17.0 Å². The Labute approximate surface area is 121 Å². The molecule has 0 amide bonds. The molecule has 0 spiro atoms. The van der Waals surface area contributed by atoms with Crippen molar-refractivity contribution in [2.24, 2.45) is 5.10 Å². The zero-order valence-electron chi connectivity index (χ0n) is 9.70. The summed E-state index contributed by atoms with van der Waals surface area (Å²) in [5.41, 5.74) is 0.578.